The van der Waals surface area contributed by atoms with Gasteiger partial charge in [0.25, 0.3) is 0 Å². The molecule has 1 aromatic carbocycles. The summed E-state index contributed by atoms with van der Waals surface area (Å²) in [6, 6.07) is 7.42. The summed E-state index contributed by atoms with van der Waals surface area (Å²) in [6.07, 6.45) is 3.48. The minimum Gasteiger partial charge on any atom is -0.472 e. The van der Waals surface area contributed by atoms with Gasteiger partial charge >= 0.3 is 0 Å². The second-order valence-electron chi connectivity index (χ2n) is 4.46. The number of nitrogens with zero attached hydrogens (tertiary/aromatic N) is 1. The van der Waals surface area contributed by atoms with Crippen LogP contribution in [0, 0.1) is 0 Å². The average Bonchev–Trinajstić information content (AvgIpc) is 2.30. The van der Waals surface area contributed by atoms with E-state index in [0.717, 1.165) is 18.4 Å². The van der Waals surface area contributed by atoms with E-state index in [4.69, 9.17) is 16.3 Å². The molecule has 1 heterocycles. The van der Waals surface area contributed by atoms with Gasteiger partial charge in [-0.3, -0.25) is 4.79 Å². The van der Waals surface area contributed by atoms with E-state index in [1.54, 1.807) is 6.07 Å². The third kappa shape index (κ3) is 1.49. The molecule has 4 heteroatoms. The average molecular weight is 250 g/mol. The van der Waals surface area contributed by atoms with Crippen LogP contribution in [-0.4, -0.2) is 18.3 Å². The number of Topliss-reactive ketones (excluding diaryl/α,β-unsaturated/α-hetero) is 1. The van der Waals surface area contributed by atoms with Gasteiger partial charge in [0.2, 0.25) is 5.78 Å². The number of aliphatic imine (C=N–C) groups is 1. The van der Waals surface area contributed by atoms with Crippen LogP contribution in [0.15, 0.2) is 29.3 Å². The van der Waals surface area contributed by atoms with Crippen molar-refractivity contribution in [2.75, 3.05) is 0 Å². The molecule has 0 N–H and O–H groups in total. The number of hydrogen-bond donors (Lipinski definition) is 0. The maximum atomic E-state index is 12.4. The van der Waals surface area contributed by atoms with Crippen molar-refractivity contribution >= 4 is 23.8 Å². The lowest BCUT2D eigenvalue weighted by Gasteiger charge is -2.39. The normalized spacial score (nSPS) is 31.1. The van der Waals surface area contributed by atoms with Gasteiger partial charge in [-0.1, -0.05) is 29.8 Å². The number of rotatable bonds is 1. The fourth-order valence-electron chi connectivity index (χ4n) is 2.65. The van der Waals surface area contributed by atoms with Crippen LogP contribution < -0.4 is 0 Å². The van der Waals surface area contributed by atoms with E-state index < -0.39 is 5.54 Å². The van der Waals surface area contributed by atoms with Crippen molar-refractivity contribution < 1.29 is 9.53 Å². The van der Waals surface area contributed by atoms with Crippen molar-refractivity contribution in [3.63, 3.8) is 0 Å². The molecule has 1 saturated carbocycles. The summed E-state index contributed by atoms with van der Waals surface area (Å²) in [5.41, 5.74) is -0.00427. The lowest BCUT2D eigenvalue weighted by Crippen LogP contribution is -2.49. The molecule has 88 valence electrons. The van der Waals surface area contributed by atoms with E-state index >= 15 is 0 Å². The minimum absolute atomic E-state index is 0.0411. The first-order valence-corrected chi connectivity index (χ1v) is 6.10. The Hall–Kier alpha value is -1.35. The number of hydrogen-bond acceptors (Lipinski definition) is 3. The Bertz CT molecular complexity index is 500. The van der Waals surface area contributed by atoms with E-state index in [9.17, 15) is 4.79 Å². The summed E-state index contributed by atoms with van der Waals surface area (Å²) >= 11 is 6.20. The Morgan fingerprint density at radius 1 is 1.41 bits per heavy atom. The van der Waals surface area contributed by atoms with Crippen LogP contribution in [0.5, 0.6) is 0 Å². The molecule has 0 spiro atoms. The van der Waals surface area contributed by atoms with Crippen LogP contribution in [0.4, 0.5) is 0 Å². The van der Waals surface area contributed by atoms with Gasteiger partial charge in [0, 0.05) is 10.6 Å². The van der Waals surface area contributed by atoms with E-state index in [-0.39, 0.29) is 11.9 Å². The minimum atomic E-state index is -0.806. The van der Waals surface area contributed by atoms with Crippen molar-refractivity contribution in [1.29, 1.82) is 0 Å². The Morgan fingerprint density at radius 3 is 3.06 bits per heavy atom. The number of ketones is 1. The van der Waals surface area contributed by atoms with E-state index in [2.05, 4.69) is 4.99 Å². The quantitative estimate of drug-likeness (QED) is 0.768. The Morgan fingerprint density at radius 2 is 2.24 bits per heavy atom. The summed E-state index contributed by atoms with van der Waals surface area (Å²) in [4.78, 5) is 16.7. The molecule has 0 saturated heterocycles. The molecule has 2 bridgehead atoms. The molecule has 0 aromatic heterocycles. The van der Waals surface area contributed by atoms with Crippen LogP contribution in [-0.2, 0) is 15.1 Å². The third-order valence-electron chi connectivity index (χ3n) is 3.52. The van der Waals surface area contributed by atoms with Gasteiger partial charge in [0.1, 0.15) is 0 Å². The van der Waals surface area contributed by atoms with Gasteiger partial charge in [-0.25, -0.2) is 4.99 Å². The third-order valence-corrected chi connectivity index (χ3v) is 3.85. The summed E-state index contributed by atoms with van der Waals surface area (Å²) in [7, 11) is 0. The highest BCUT2D eigenvalue weighted by Crippen LogP contribution is 2.43. The molecule has 1 aliphatic heterocycles. The second kappa shape index (κ2) is 3.84. The molecule has 1 aliphatic carbocycles. The van der Waals surface area contributed by atoms with E-state index in [1.807, 2.05) is 18.2 Å². The Labute approximate surface area is 104 Å². The summed E-state index contributed by atoms with van der Waals surface area (Å²) in [5, 5.41) is 0.598. The number of carbonyl (C=O) groups excluding carboxylic acids is 1. The summed E-state index contributed by atoms with van der Waals surface area (Å²) in [6.45, 7) is 0. The smallest absolute Gasteiger partial charge is 0.205 e. The predicted molar refractivity (Wildman–Crippen MR) is 65.4 cm³/mol. The van der Waals surface area contributed by atoms with Gasteiger partial charge in [0.05, 0.1) is 0 Å². The van der Waals surface area contributed by atoms with E-state index in [0.29, 0.717) is 11.4 Å². The SMILES string of the molecule is O=C1C2CCCC1(c1ccccc1Cl)N=CO2. The molecule has 2 aliphatic rings. The molecule has 0 radical (unpaired) electrons. The zero-order valence-corrected chi connectivity index (χ0v) is 9.98. The fraction of sp³-hybridized carbons (Fsp3) is 0.385. The summed E-state index contributed by atoms with van der Waals surface area (Å²) in [5.74, 6) is 0.0411. The van der Waals surface area contributed by atoms with Crippen molar-refractivity contribution in [3.05, 3.63) is 34.9 Å². The number of carbonyl (C=O) groups is 1. The van der Waals surface area contributed by atoms with Gasteiger partial charge in [0.15, 0.2) is 18.0 Å². The topological polar surface area (TPSA) is 38.7 Å². The number of halogens is 1. The highest BCUT2D eigenvalue weighted by atomic mass is 35.5. The number of ether oxygens (including phenoxy) is 1. The second-order valence-corrected chi connectivity index (χ2v) is 4.86. The molecule has 0 amide bonds. The largest absolute Gasteiger partial charge is 0.472 e. The molecular formula is C13H12ClNO2. The maximum Gasteiger partial charge on any atom is 0.205 e. The number of fused-ring (bicyclic) bond motifs is 2. The molecule has 3 rings (SSSR count). The van der Waals surface area contributed by atoms with Gasteiger partial charge in [-0.2, -0.15) is 0 Å². The van der Waals surface area contributed by atoms with E-state index in [1.165, 1.54) is 6.40 Å². The van der Waals surface area contributed by atoms with Gasteiger partial charge in [-0.05, 0) is 25.3 Å². The zero-order chi connectivity index (χ0) is 11.9. The lowest BCUT2D eigenvalue weighted by molar-refractivity contribution is -0.136. The molecule has 2 unspecified atom stereocenters. The maximum absolute atomic E-state index is 12.4. The standard InChI is InChI=1S/C13H12ClNO2/c14-10-5-2-1-4-9(10)13-7-3-6-11(12(13)16)17-8-15-13/h1-2,4-5,8,11H,3,6-7H2. The van der Waals surface area contributed by atoms with Gasteiger partial charge < -0.3 is 4.74 Å². The van der Waals surface area contributed by atoms with Crippen LogP contribution in [0.3, 0.4) is 0 Å². The van der Waals surface area contributed by atoms with Crippen molar-refractivity contribution in [2.45, 2.75) is 30.9 Å². The molecule has 3 nitrogen and oxygen atoms in total. The Balaban J connectivity index is 2.17. The molecule has 2 atom stereocenters. The van der Waals surface area contributed by atoms with Crippen LogP contribution >= 0.6 is 11.6 Å². The molecular weight excluding hydrogens is 238 g/mol. The van der Waals surface area contributed by atoms with Gasteiger partial charge in [-0.15, -0.1) is 0 Å². The Kier molecular flexibility index (Phi) is 2.44. The highest BCUT2D eigenvalue weighted by Gasteiger charge is 2.49. The van der Waals surface area contributed by atoms with Crippen LogP contribution in [0.25, 0.3) is 0 Å². The van der Waals surface area contributed by atoms with Crippen molar-refractivity contribution in [3.8, 4) is 0 Å². The predicted octanol–water partition coefficient (Wildman–Crippen LogP) is 2.72. The molecule has 1 fully saturated rings. The van der Waals surface area contributed by atoms with Crippen molar-refractivity contribution in [1.82, 2.24) is 0 Å². The van der Waals surface area contributed by atoms with Crippen LogP contribution in [0.1, 0.15) is 24.8 Å². The zero-order valence-electron chi connectivity index (χ0n) is 9.23. The first-order valence-electron chi connectivity index (χ1n) is 5.72. The molecule has 17 heavy (non-hydrogen) atoms. The highest BCUT2D eigenvalue weighted by molar-refractivity contribution is 6.31. The van der Waals surface area contributed by atoms with Crippen molar-refractivity contribution in [2.24, 2.45) is 4.99 Å². The first-order chi connectivity index (χ1) is 8.24. The fourth-order valence-corrected chi connectivity index (χ4v) is 2.94. The first kappa shape index (κ1) is 10.8. The monoisotopic (exact) mass is 249 g/mol. The van der Waals surface area contributed by atoms with Crippen LogP contribution in [0.2, 0.25) is 5.02 Å². The molecule has 1 aromatic rings. The number of benzene rings is 1. The summed E-state index contributed by atoms with van der Waals surface area (Å²) < 4.78 is 5.26. The lowest BCUT2D eigenvalue weighted by atomic mass is 9.74.